The lowest BCUT2D eigenvalue weighted by atomic mass is 10.1. The quantitative estimate of drug-likeness (QED) is 0.353. The van der Waals surface area contributed by atoms with Crippen LogP contribution in [-0.2, 0) is 4.79 Å². The van der Waals surface area contributed by atoms with Crippen molar-refractivity contribution in [2.75, 3.05) is 6.61 Å². The van der Waals surface area contributed by atoms with E-state index in [2.05, 4.69) is 10.5 Å². The second kappa shape index (κ2) is 8.41. The predicted octanol–water partition coefficient (Wildman–Crippen LogP) is 5.33. The van der Waals surface area contributed by atoms with Gasteiger partial charge in [0.1, 0.15) is 5.75 Å². The van der Waals surface area contributed by atoms with Crippen LogP contribution < -0.4 is 10.2 Å². The first-order valence-electron chi connectivity index (χ1n) is 7.61. The molecule has 0 radical (unpaired) electrons. The summed E-state index contributed by atoms with van der Waals surface area (Å²) in [6.45, 7) is -0.259. The zero-order valence-electron chi connectivity index (χ0n) is 13.4. The highest BCUT2D eigenvalue weighted by molar-refractivity contribution is 6.43. The number of hydrogen-bond acceptors (Lipinski definition) is 3. The van der Waals surface area contributed by atoms with E-state index in [4.69, 9.17) is 39.5 Å². The van der Waals surface area contributed by atoms with Gasteiger partial charge < -0.3 is 4.74 Å². The highest BCUT2D eigenvalue weighted by atomic mass is 35.5. The Bertz CT molecular complexity index is 984. The topological polar surface area (TPSA) is 50.7 Å². The van der Waals surface area contributed by atoms with Crippen molar-refractivity contribution < 1.29 is 9.53 Å². The Kier molecular flexibility index (Phi) is 5.99. The highest BCUT2D eigenvalue weighted by Crippen LogP contribution is 2.33. The van der Waals surface area contributed by atoms with Crippen LogP contribution in [0, 0.1) is 0 Å². The molecule has 0 spiro atoms. The second-order valence-corrected chi connectivity index (χ2v) is 6.57. The maximum Gasteiger partial charge on any atom is 0.277 e. The fraction of sp³-hybridized carbons (Fsp3) is 0.0526. The molecule has 3 rings (SSSR count). The number of fused-ring (bicyclic) bond motifs is 1. The minimum Gasteiger partial charge on any atom is -0.482 e. The number of carbonyl (C=O) groups excluding carboxylic acids is 1. The molecule has 0 aliphatic heterocycles. The third kappa shape index (κ3) is 4.47. The van der Waals surface area contributed by atoms with Gasteiger partial charge in [0, 0.05) is 11.6 Å². The molecule has 0 aromatic heterocycles. The van der Waals surface area contributed by atoms with Gasteiger partial charge in [0.05, 0.1) is 21.3 Å². The van der Waals surface area contributed by atoms with Crippen molar-refractivity contribution in [3.05, 3.63) is 75.2 Å². The average molecular weight is 408 g/mol. The highest BCUT2D eigenvalue weighted by Gasteiger charge is 2.09. The van der Waals surface area contributed by atoms with E-state index in [9.17, 15) is 4.79 Å². The fourth-order valence-corrected chi connectivity index (χ4v) is 2.92. The Balaban J connectivity index is 1.60. The first-order chi connectivity index (χ1) is 12.5. The van der Waals surface area contributed by atoms with Crippen LogP contribution in [0.15, 0.2) is 59.7 Å². The Morgan fingerprint density at radius 3 is 2.58 bits per heavy atom. The molecule has 3 aromatic carbocycles. The zero-order chi connectivity index (χ0) is 18.5. The van der Waals surface area contributed by atoms with Gasteiger partial charge in [-0.2, -0.15) is 5.10 Å². The van der Waals surface area contributed by atoms with E-state index in [1.54, 1.807) is 6.21 Å². The van der Waals surface area contributed by atoms with Gasteiger partial charge >= 0.3 is 0 Å². The third-order valence-electron chi connectivity index (χ3n) is 3.55. The molecule has 132 valence electrons. The molecule has 0 aliphatic rings. The number of ether oxygens (including phenoxy) is 1. The van der Waals surface area contributed by atoms with Crippen molar-refractivity contribution >= 4 is 57.7 Å². The van der Waals surface area contributed by atoms with Crippen molar-refractivity contribution in [1.29, 1.82) is 0 Å². The number of halogens is 3. The van der Waals surface area contributed by atoms with Gasteiger partial charge in [-0.1, -0.05) is 77.3 Å². The lowest BCUT2D eigenvalue weighted by molar-refractivity contribution is -0.123. The molecule has 1 amide bonds. The van der Waals surface area contributed by atoms with Crippen LogP contribution in [0.2, 0.25) is 15.1 Å². The number of carbonyl (C=O) groups is 1. The van der Waals surface area contributed by atoms with Gasteiger partial charge in [-0.25, -0.2) is 5.43 Å². The number of nitrogens with zero attached hydrogens (tertiary/aromatic N) is 1. The molecule has 0 fully saturated rings. The number of benzene rings is 3. The van der Waals surface area contributed by atoms with E-state index < -0.39 is 5.91 Å². The largest absolute Gasteiger partial charge is 0.482 e. The number of amides is 1. The number of hydrogen-bond donors (Lipinski definition) is 1. The number of nitrogens with one attached hydrogen (secondary N) is 1. The van der Waals surface area contributed by atoms with E-state index in [-0.39, 0.29) is 17.4 Å². The molecular weight excluding hydrogens is 395 g/mol. The fourth-order valence-electron chi connectivity index (χ4n) is 2.33. The number of hydrazone groups is 1. The van der Waals surface area contributed by atoms with Gasteiger partial charge in [-0.3, -0.25) is 4.79 Å². The summed E-state index contributed by atoms with van der Waals surface area (Å²) in [5, 5.41) is 6.99. The van der Waals surface area contributed by atoms with Crippen LogP contribution >= 0.6 is 34.8 Å². The van der Waals surface area contributed by atoms with Crippen molar-refractivity contribution in [3.8, 4) is 5.75 Å². The maximum absolute atomic E-state index is 11.9. The molecular formula is C19H13Cl3N2O2. The second-order valence-electron chi connectivity index (χ2n) is 5.35. The predicted molar refractivity (Wildman–Crippen MR) is 107 cm³/mol. The van der Waals surface area contributed by atoms with Gasteiger partial charge in [-0.05, 0) is 16.8 Å². The summed E-state index contributed by atoms with van der Waals surface area (Å²) in [5.74, 6) is -0.155. The van der Waals surface area contributed by atoms with Crippen molar-refractivity contribution in [2.24, 2.45) is 5.10 Å². The van der Waals surface area contributed by atoms with E-state index in [1.807, 2.05) is 42.5 Å². The molecule has 26 heavy (non-hydrogen) atoms. The molecule has 0 saturated carbocycles. The van der Waals surface area contributed by atoms with E-state index >= 15 is 0 Å². The summed E-state index contributed by atoms with van der Waals surface area (Å²) in [6, 6.07) is 16.7. The Morgan fingerprint density at radius 2 is 1.73 bits per heavy atom. The monoisotopic (exact) mass is 406 g/mol. The molecule has 0 unspecified atom stereocenters. The average Bonchev–Trinajstić information content (AvgIpc) is 2.64. The van der Waals surface area contributed by atoms with Gasteiger partial charge in [-0.15, -0.1) is 0 Å². The normalized spacial score (nSPS) is 11.0. The SMILES string of the molecule is O=C(COc1cc(Cl)c(Cl)cc1Cl)N/N=C\c1cccc2ccccc12. The summed E-state index contributed by atoms with van der Waals surface area (Å²) >= 11 is 17.7. The molecule has 4 nitrogen and oxygen atoms in total. The first kappa shape index (κ1) is 18.5. The Hall–Kier alpha value is -2.27. The van der Waals surface area contributed by atoms with Crippen LogP contribution in [-0.4, -0.2) is 18.7 Å². The van der Waals surface area contributed by atoms with Gasteiger partial charge in [0.25, 0.3) is 5.91 Å². The van der Waals surface area contributed by atoms with Crippen molar-refractivity contribution in [2.45, 2.75) is 0 Å². The molecule has 7 heteroatoms. The smallest absolute Gasteiger partial charge is 0.277 e. The summed E-state index contributed by atoms with van der Waals surface area (Å²) in [5.41, 5.74) is 3.31. The van der Waals surface area contributed by atoms with Crippen molar-refractivity contribution in [1.82, 2.24) is 5.43 Å². The summed E-state index contributed by atoms with van der Waals surface area (Å²) in [4.78, 5) is 11.9. The zero-order valence-corrected chi connectivity index (χ0v) is 15.6. The van der Waals surface area contributed by atoms with Crippen LogP contribution in [0.3, 0.4) is 0 Å². The van der Waals surface area contributed by atoms with Crippen molar-refractivity contribution in [3.63, 3.8) is 0 Å². The molecule has 0 bridgehead atoms. The molecule has 0 saturated heterocycles. The van der Waals surface area contributed by atoms with Gasteiger partial charge in [0.2, 0.25) is 0 Å². The first-order valence-corrected chi connectivity index (χ1v) is 8.75. The molecule has 0 heterocycles. The Labute approximate surface area is 165 Å². The third-order valence-corrected chi connectivity index (χ3v) is 4.57. The minimum absolute atomic E-state index is 0.259. The summed E-state index contributed by atoms with van der Waals surface area (Å²) in [6.07, 6.45) is 1.59. The van der Waals surface area contributed by atoms with E-state index in [0.29, 0.717) is 10.0 Å². The van der Waals surface area contributed by atoms with Gasteiger partial charge in [0.15, 0.2) is 6.61 Å². The van der Waals surface area contributed by atoms with Crippen LogP contribution in [0.1, 0.15) is 5.56 Å². The van der Waals surface area contributed by atoms with Crippen LogP contribution in [0.25, 0.3) is 10.8 Å². The molecule has 0 atom stereocenters. The lowest BCUT2D eigenvalue weighted by Gasteiger charge is -2.08. The van der Waals surface area contributed by atoms with Crippen LogP contribution in [0.4, 0.5) is 0 Å². The minimum atomic E-state index is -0.427. The molecule has 3 aromatic rings. The van der Waals surface area contributed by atoms with E-state index in [1.165, 1.54) is 12.1 Å². The Morgan fingerprint density at radius 1 is 1.00 bits per heavy atom. The maximum atomic E-state index is 11.9. The summed E-state index contributed by atoms with van der Waals surface area (Å²) in [7, 11) is 0. The number of rotatable bonds is 5. The lowest BCUT2D eigenvalue weighted by Crippen LogP contribution is -2.24. The standard InChI is InChI=1S/C19H13Cl3N2O2/c20-15-8-17(22)18(9-16(15)21)26-11-19(25)24-23-10-13-6-3-5-12-4-1-2-7-14(12)13/h1-10H,11H2,(H,24,25)/b23-10-. The molecule has 0 aliphatic carbocycles. The molecule has 1 N–H and O–H groups in total. The van der Waals surface area contributed by atoms with Crippen LogP contribution in [0.5, 0.6) is 5.75 Å². The summed E-state index contributed by atoms with van der Waals surface area (Å²) < 4.78 is 5.35. The van der Waals surface area contributed by atoms with E-state index in [0.717, 1.165) is 16.3 Å².